The van der Waals surface area contributed by atoms with E-state index in [4.69, 9.17) is 4.74 Å². The van der Waals surface area contributed by atoms with Gasteiger partial charge in [-0.1, -0.05) is 12.1 Å². The van der Waals surface area contributed by atoms with Crippen LogP contribution in [0, 0.1) is 5.92 Å². The van der Waals surface area contributed by atoms with Gasteiger partial charge in [0.1, 0.15) is 5.75 Å². The van der Waals surface area contributed by atoms with Crippen LogP contribution in [-0.2, 0) is 9.59 Å². The summed E-state index contributed by atoms with van der Waals surface area (Å²) in [5.74, 6) is 0.534. The Bertz CT molecular complexity index is 678. The molecule has 25 heavy (non-hydrogen) atoms. The Kier molecular flexibility index (Phi) is 4.37. The van der Waals surface area contributed by atoms with E-state index in [0.717, 1.165) is 31.6 Å². The van der Waals surface area contributed by atoms with Gasteiger partial charge in [-0.3, -0.25) is 9.59 Å². The molecule has 1 aromatic rings. The number of ether oxygens (including phenoxy) is 1. The van der Waals surface area contributed by atoms with Gasteiger partial charge in [-0.05, 0) is 31.4 Å². The summed E-state index contributed by atoms with van der Waals surface area (Å²) in [6, 6.07) is 8.45. The fourth-order valence-electron chi connectivity index (χ4n) is 4.36. The van der Waals surface area contributed by atoms with E-state index in [1.54, 1.807) is 12.0 Å². The number of methoxy groups -OCH3 is 1. The fourth-order valence-corrected chi connectivity index (χ4v) is 4.36. The molecule has 2 amide bonds. The molecule has 1 aromatic carbocycles. The molecule has 2 bridgehead atoms. The molecule has 3 fully saturated rings. The molecule has 6 heteroatoms. The maximum absolute atomic E-state index is 13.0. The molecular formula is C19H25N3O3. The Morgan fingerprint density at radius 1 is 1.16 bits per heavy atom. The number of para-hydroxylation sites is 2. The van der Waals surface area contributed by atoms with Crippen molar-refractivity contribution in [1.82, 2.24) is 10.2 Å². The van der Waals surface area contributed by atoms with E-state index in [2.05, 4.69) is 5.32 Å². The maximum Gasteiger partial charge on any atom is 0.228 e. The Labute approximate surface area is 148 Å². The van der Waals surface area contributed by atoms with Gasteiger partial charge in [0.25, 0.3) is 0 Å². The summed E-state index contributed by atoms with van der Waals surface area (Å²) in [6.07, 6.45) is 3.66. The zero-order valence-corrected chi connectivity index (χ0v) is 14.6. The van der Waals surface area contributed by atoms with Crippen molar-refractivity contribution >= 4 is 17.5 Å². The van der Waals surface area contributed by atoms with Crippen molar-refractivity contribution in [3.8, 4) is 5.75 Å². The quantitative estimate of drug-likeness (QED) is 0.901. The van der Waals surface area contributed by atoms with Crippen LogP contribution in [0.2, 0.25) is 0 Å². The van der Waals surface area contributed by atoms with E-state index in [-0.39, 0.29) is 24.2 Å². The van der Waals surface area contributed by atoms with E-state index in [1.165, 1.54) is 6.42 Å². The van der Waals surface area contributed by atoms with Crippen molar-refractivity contribution in [3.63, 3.8) is 0 Å². The third kappa shape index (κ3) is 3.11. The summed E-state index contributed by atoms with van der Waals surface area (Å²) >= 11 is 0. The topological polar surface area (TPSA) is 61.9 Å². The van der Waals surface area contributed by atoms with Gasteiger partial charge < -0.3 is 19.9 Å². The highest BCUT2D eigenvalue weighted by atomic mass is 16.5. The third-order valence-corrected chi connectivity index (χ3v) is 5.69. The normalized spacial score (nSPS) is 29.0. The van der Waals surface area contributed by atoms with Crippen LogP contribution in [0.1, 0.15) is 25.7 Å². The first kappa shape index (κ1) is 16.4. The lowest BCUT2D eigenvalue weighted by molar-refractivity contribution is -0.136. The number of fused-ring (bicyclic) bond motifs is 2. The van der Waals surface area contributed by atoms with Gasteiger partial charge in [-0.25, -0.2) is 0 Å². The van der Waals surface area contributed by atoms with E-state index in [1.807, 2.05) is 29.2 Å². The molecular weight excluding hydrogens is 318 g/mol. The highest BCUT2D eigenvalue weighted by Crippen LogP contribution is 2.33. The van der Waals surface area contributed by atoms with Gasteiger partial charge in [0, 0.05) is 38.1 Å². The standard InChI is InChI=1S/C19H25N3O3/c1-25-17-5-3-2-4-16(17)22-11-13(10-18(22)23)19(24)21-9-8-14-6-7-15(12-21)20-14/h2-5,13-15,20H,6-12H2,1H3. The van der Waals surface area contributed by atoms with Gasteiger partial charge in [-0.2, -0.15) is 0 Å². The molecule has 4 rings (SSSR count). The summed E-state index contributed by atoms with van der Waals surface area (Å²) < 4.78 is 5.37. The minimum atomic E-state index is -0.256. The van der Waals surface area contributed by atoms with Crippen LogP contribution in [0.5, 0.6) is 5.75 Å². The number of likely N-dealkylation sites (tertiary alicyclic amines) is 1. The van der Waals surface area contributed by atoms with E-state index >= 15 is 0 Å². The molecule has 0 saturated carbocycles. The predicted molar refractivity (Wildman–Crippen MR) is 94.6 cm³/mol. The number of nitrogens with zero attached hydrogens (tertiary/aromatic N) is 2. The lowest BCUT2D eigenvalue weighted by Crippen LogP contribution is -2.42. The summed E-state index contributed by atoms with van der Waals surface area (Å²) in [5, 5.41) is 3.60. The predicted octanol–water partition coefficient (Wildman–Crippen LogP) is 1.40. The molecule has 0 aliphatic carbocycles. The molecule has 6 nitrogen and oxygen atoms in total. The van der Waals surface area contributed by atoms with E-state index in [0.29, 0.717) is 24.4 Å². The molecule has 3 saturated heterocycles. The zero-order valence-electron chi connectivity index (χ0n) is 14.6. The Morgan fingerprint density at radius 2 is 1.96 bits per heavy atom. The minimum absolute atomic E-state index is 0.00248. The third-order valence-electron chi connectivity index (χ3n) is 5.69. The number of carbonyl (C=O) groups excluding carboxylic acids is 2. The second kappa shape index (κ2) is 6.67. The van der Waals surface area contributed by atoms with Gasteiger partial charge in [0.2, 0.25) is 11.8 Å². The second-order valence-corrected chi connectivity index (χ2v) is 7.29. The molecule has 134 valence electrons. The number of carbonyl (C=O) groups is 2. The number of nitrogens with one attached hydrogen (secondary N) is 1. The Morgan fingerprint density at radius 3 is 2.80 bits per heavy atom. The molecule has 1 N–H and O–H groups in total. The summed E-state index contributed by atoms with van der Waals surface area (Å²) in [4.78, 5) is 29.2. The van der Waals surface area contributed by atoms with Crippen LogP contribution in [0.3, 0.4) is 0 Å². The van der Waals surface area contributed by atoms with Crippen molar-refractivity contribution in [2.75, 3.05) is 31.6 Å². The van der Waals surface area contributed by atoms with Gasteiger partial charge >= 0.3 is 0 Å². The highest BCUT2D eigenvalue weighted by Gasteiger charge is 2.40. The molecule has 0 radical (unpaired) electrons. The number of amides is 2. The summed E-state index contributed by atoms with van der Waals surface area (Å²) in [5.41, 5.74) is 0.752. The van der Waals surface area contributed by atoms with Crippen LogP contribution in [-0.4, -0.2) is 55.5 Å². The van der Waals surface area contributed by atoms with Gasteiger partial charge in [-0.15, -0.1) is 0 Å². The van der Waals surface area contributed by atoms with Crippen molar-refractivity contribution < 1.29 is 14.3 Å². The largest absolute Gasteiger partial charge is 0.495 e. The maximum atomic E-state index is 13.0. The molecule has 0 aromatic heterocycles. The zero-order chi connectivity index (χ0) is 17.4. The number of benzene rings is 1. The van der Waals surface area contributed by atoms with Gasteiger partial charge in [0.15, 0.2) is 0 Å². The monoisotopic (exact) mass is 343 g/mol. The van der Waals surface area contributed by atoms with E-state index < -0.39 is 0 Å². The fraction of sp³-hybridized carbons (Fsp3) is 0.579. The van der Waals surface area contributed by atoms with Crippen LogP contribution in [0.25, 0.3) is 0 Å². The SMILES string of the molecule is COc1ccccc1N1CC(C(=O)N2CCC3CCC(C2)N3)CC1=O. The number of hydrogen-bond acceptors (Lipinski definition) is 4. The summed E-state index contributed by atoms with van der Waals surface area (Å²) in [7, 11) is 1.60. The molecule has 3 unspecified atom stereocenters. The summed E-state index contributed by atoms with van der Waals surface area (Å²) in [6.45, 7) is 2.01. The number of anilines is 1. The van der Waals surface area contributed by atoms with Crippen molar-refractivity contribution in [2.24, 2.45) is 5.92 Å². The average molecular weight is 343 g/mol. The van der Waals surface area contributed by atoms with Crippen LogP contribution >= 0.6 is 0 Å². The Balaban J connectivity index is 1.47. The lowest BCUT2D eigenvalue weighted by atomic mass is 10.0. The van der Waals surface area contributed by atoms with Crippen molar-refractivity contribution in [1.29, 1.82) is 0 Å². The first-order valence-electron chi connectivity index (χ1n) is 9.14. The Hall–Kier alpha value is -2.08. The van der Waals surface area contributed by atoms with Crippen LogP contribution in [0.4, 0.5) is 5.69 Å². The van der Waals surface area contributed by atoms with Crippen molar-refractivity contribution in [2.45, 2.75) is 37.8 Å². The first-order chi connectivity index (χ1) is 12.2. The van der Waals surface area contributed by atoms with Crippen LogP contribution in [0.15, 0.2) is 24.3 Å². The molecule has 3 aliphatic heterocycles. The highest BCUT2D eigenvalue weighted by molar-refractivity contribution is 6.01. The molecule has 0 spiro atoms. The smallest absolute Gasteiger partial charge is 0.228 e. The average Bonchev–Trinajstić information content (AvgIpc) is 3.16. The number of hydrogen-bond donors (Lipinski definition) is 1. The van der Waals surface area contributed by atoms with E-state index in [9.17, 15) is 9.59 Å². The molecule has 3 heterocycles. The van der Waals surface area contributed by atoms with Gasteiger partial charge in [0.05, 0.1) is 18.7 Å². The van der Waals surface area contributed by atoms with Crippen LogP contribution < -0.4 is 15.0 Å². The molecule has 3 atom stereocenters. The molecule has 3 aliphatic rings. The minimum Gasteiger partial charge on any atom is -0.495 e. The second-order valence-electron chi connectivity index (χ2n) is 7.29. The number of rotatable bonds is 3. The first-order valence-corrected chi connectivity index (χ1v) is 9.14. The lowest BCUT2D eigenvalue weighted by Gasteiger charge is -2.27. The van der Waals surface area contributed by atoms with Crippen molar-refractivity contribution in [3.05, 3.63) is 24.3 Å².